The van der Waals surface area contributed by atoms with Gasteiger partial charge in [0.05, 0.1) is 11.1 Å². The van der Waals surface area contributed by atoms with E-state index in [1.165, 1.54) is 18.3 Å². The SMILES string of the molecule is O=C1N(C(c2ccc(Br)cn2)C(F)(F)F)CCCC12CCOCC2. The third kappa shape index (κ3) is 3.31. The van der Waals surface area contributed by atoms with Crippen LogP contribution >= 0.6 is 15.9 Å². The van der Waals surface area contributed by atoms with Gasteiger partial charge < -0.3 is 9.64 Å². The topological polar surface area (TPSA) is 42.4 Å². The summed E-state index contributed by atoms with van der Waals surface area (Å²) in [7, 11) is 0. The summed E-state index contributed by atoms with van der Waals surface area (Å²) in [5, 5.41) is 0. The van der Waals surface area contributed by atoms with Gasteiger partial charge in [0.1, 0.15) is 0 Å². The molecule has 2 saturated heterocycles. The number of carbonyl (C=O) groups excluding carboxylic acids is 1. The minimum atomic E-state index is -4.57. The van der Waals surface area contributed by atoms with E-state index in [-0.39, 0.29) is 12.2 Å². The fraction of sp³-hybridized carbons (Fsp3) is 0.625. The summed E-state index contributed by atoms with van der Waals surface area (Å²) in [4.78, 5) is 17.8. The van der Waals surface area contributed by atoms with Gasteiger partial charge in [-0.1, -0.05) is 0 Å². The molecule has 0 aliphatic carbocycles. The Hall–Kier alpha value is -1.15. The van der Waals surface area contributed by atoms with Crippen LogP contribution in [-0.2, 0) is 9.53 Å². The van der Waals surface area contributed by atoms with E-state index in [4.69, 9.17) is 4.74 Å². The number of alkyl halides is 3. The summed E-state index contributed by atoms with van der Waals surface area (Å²) in [6.45, 7) is 0.947. The normalized spacial score (nSPS) is 22.7. The van der Waals surface area contributed by atoms with Gasteiger partial charge >= 0.3 is 6.18 Å². The Morgan fingerprint density at radius 3 is 2.54 bits per heavy atom. The highest BCUT2D eigenvalue weighted by atomic mass is 79.9. The molecule has 1 amide bonds. The van der Waals surface area contributed by atoms with Gasteiger partial charge in [0, 0.05) is 30.4 Å². The molecule has 2 fully saturated rings. The summed E-state index contributed by atoms with van der Waals surface area (Å²) < 4.78 is 47.1. The summed E-state index contributed by atoms with van der Waals surface area (Å²) in [5.74, 6) is -0.413. The number of ether oxygens (including phenoxy) is 1. The second kappa shape index (κ2) is 6.63. The summed E-state index contributed by atoms with van der Waals surface area (Å²) >= 11 is 3.17. The molecule has 0 aromatic carbocycles. The monoisotopic (exact) mass is 406 g/mol. The summed E-state index contributed by atoms with van der Waals surface area (Å²) in [6.07, 6.45) is -1.08. The highest BCUT2D eigenvalue weighted by molar-refractivity contribution is 9.10. The molecule has 8 heteroatoms. The number of hydrogen-bond donors (Lipinski definition) is 0. The van der Waals surface area contributed by atoms with E-state index in [2.05, 4.69) is 20.9 Å². The van der Waals surface area contributed by atoms with Gasteiger partial charge in [-0.15, -0.1) is 0 Å². The molecular weight excluding hydrogens is 389 g/mol. The summed E-state index contributed by atoms with van der Waals surface area (Å²) in [6, 6.07) is 0.832. The number of likely N-dealkylation sites (tertiary alicyclic amines) is 1. The van der Waals surface area contributed by atoms with Gasteiger partial charge in [-0.3, -0.25) is 9.78 Å². The van der Waals surface area contributed by atoms with E-state index < -0.39 is 23.5 Å². The standard InChI is InChI=1S/C16H18BrF3N2O2/c17-11-2-3-12(21-10-11)13(16(18,19)20)22-7-1-4-15(14(22)23)5-8-24-9-6-15/h2-3,10,13H,1,4-9H2. The van der Waals surface area contributed by atoms with E-state index in [9.17, 15) is 18.0 Å². The van der Waals surface area contributed by atoms with Crippen molar-refractivity contribution >= 4 is 21.8 Å². The first kappa shape index (κ1) is 17.7. The Labute approximate surface area is 146 Å². The second-order valence-electron chi connectivity index (χ2n) is 6.34. The number of pyridine rings is 1. The van der Waals surface area contributed by atoms with Crippen LogP contribution in [0.1, 0.15) is 37.4 Å². The van der Waals surface area contributed by atoms with E-state index in [1.54, 1.807) is 0 Å². The molecule has 2 aliphatic heterocycles. The molecule has 1 aromatic heterocycles. The van der Waals surface area contributed by atoms with Gasteiger partial charge in [0.25, 0.3) is 0 Å². The molecule has 1 atom stereocenters. The minimum absolute atomic E-state index is 0.101. The molecule has 4 nitrogen and oxygen atoms in total. The van der Waals surface area contributed by atoms with Crippen LogP contribution in [-0.4, -0.2) is 41.7 Å². The highest BCUT2D eigenvalue weighted by Crippen LogP contribution is 2.46. The molecule has 1 aromatic rings. The van der Waals surface area contributed by atoms with E-state index in [0.29, 0.717) is 43.4 Å². The molecule has 3 rings (SSSR count). The fourth-order valence-corrected chi connectivity index (χ4v) is 3.86. The number of amides is 1. The quantitative estimate of drug-likeness (QED) is 0.748. The first-order chi connectivity index (χ1) is 11.3. The number of hydrogen-bond acceptors (Lipinski definition) is 3. The lowest BCUT2D eigenvalue weighted by molar-refractivity contribution is -0.203. The number of carbonyl (C=O) groups is 1. The van der Waals surface area contributed by atoms with Gasteiger partial charge in [0.2, 0.25) is 5.91 Å². The van der Waals surface area contributed by atoms with Crippen molar-refractivity contribution in [2.24, 2.45) is 5.41 Å². The lowest BCUT2D eigenvalue weighted by Crippen LogP contribution is -2.54. The molecule has 0 radical (unpaired) electrons. The largest absolute Gasteiger partial charge is 0.414 e. The molecule has 0 N–H and O–H groups in total. The van der Waals surface area contributed by atoms with Crippen LogP contribution in [0.2, 0.25) is 0 Å². The number of aromatic nitrogens is 1. The van der Waals surface area contributed by atoms with E-state index in [1.807, 2.05) is 0 Å². The average Bonchev–Trinajstić information content (AvgIpc) is 2.53. The lowest BCUT2D eigenvalue weighted by Gasteiger charge is -2.46. The van der Waals surface area contributed by atoms with Gasteiger partial charge in [0.15, 0.2) is 6.04 Å². The Morgan fingerprint density at radius 2 is 1.96 bits per heavy atom. The molecule has 0 saturated carbocycles. The average molecular weight is 407 g/mol. The van der Waals surface area contributed by atoms with Crippen LogP contribution in [0.15, 0.2) is 22.8 Å². The van der Waals surface area contributed by atoms with Crippen LogP contribution < -0.4 is 0 Å². The van der Waals surface area contributed by atoms with Crippen molar-refractivity contribution in [2.75, 3.05) is 19.8 Å². The Kier molecular flexibility index (Phi) is 4.88. The Morgan fingerprint density at radius 1 is 1.25 bits per heavy atom. The first-order valence-electron chi connectivity index (χ1n) is 7.90. The smallest absolute Gasteiger partial charge is 0.381 e. The van der Waals surface area contributed by atoms with Gasteiger partial charge in [-0.05, 0) is 53.7 Å². The minimum Gasteiger partial charge on any atom is -0.381 e. The molecule has 24 heavy (non-hydrogen) atoms. The molecule has 0 bridgehead atoms. The van der Waals surface area contributed by atoms with Crippen LogP contribution in [0, 0.1) is 5.41 Å². The molecule has 1 spiro atoms. The van der Waals surface area contributed by atoms with Crippen molar-refractivity contribution in [3.05, 3.63) is 28.5 Å². The maximum Gasteiger partial charge on any atom is 0.414 e. The third-order valence-corrected chi connectivity index (χ3v) is 5.34. The van der Waals surface area contributed by atoms with Crippen molar-refractivity contribution in [3.63, 3.8) is 0 Å². The molecule has 2 aliphatic rings. The number of halogens is 4. The fourth-order valence-electron chi connectivity index (χ4n) is 3.63. The van der Waals surface area contributed by atoms with E-state index in [0.717, 1.165) is 4.90 Å². The molecular formula is C16H18BrF3N2O2. The van der Waals surface area contributed by atoms with Crippen LogP contribution in [0.3, 0.4) is 0 Å². The van der Waals surface area contributed by atoms with Crippen LogP contribution in [0.4, 0.5) is 13.2 Å². The Bertz CT molecular complexity index is 595. The molecule has 1 unspecified atom stereocenters. The number of nitrogens with zero attached hydrogens (tertiary/aromatic N) is 2. The molecule has 132 valence electrons. The zero-order chi connectivity index (χ0) is 17.4. The predicted molar refractivity (Wildman–Crippen MR) is 84.2 cm³/mol. The third-order valence-electron chi connectivity index (χ3n) is 4.87. The zero-order valence-electron chi connectivity index (χ0n) is 13.0. The van der Waals surface area contributed by atoms with Crippen LogP contribution in [0.5, 0.6) is 0 Å². The highest BCUT2D eigenvalue weighted by Gasteiger charge is 2.53. The second-order valence-corrected chi connectivity index (χ2v) is 7.26. The van der Waals surface area contributed by atoms with Gasteiger partial charge in [-0.2, -0.15) is 13.2 Å². The van der Waals surface area contributed by atoms with E-state index >= 15 is 0 Å². The zero-order valence-corrected chi connectivity index (χ0v) is 14.6. The molecule has 3 heterocycles. The maximum absolute atomic E-state index is 13.7. The predicted octanol–water partition coefficient (Wildman–Crippen LogP) is 3.87. The van der Waals surface area contributed by atoms with Crippen molar-refractivity contribution in [1.29, 1.82) is 0 Å². The number of piperidine rings is 1. The van der Waals surface area contributed by atoms with Gasteiger partial charge in [-0.25, -0.2) is 0 Å². The number of rotatable bonds is 2. The lowest BCUT2D eigenvalue weighted by atomic mass is 9.72. The summed E-state index contributed by atoms with van der Waals surface area (Å²) in [5.41, 5.74) is -0.863. The van der Waals surface area contributed by atoms with Crippen LogP contribution in [0.25, 0.3) is 0 Å². The van der Waals surface area contributed by atoms with Crippen molar-refractivity contribution in [1.82, 2.24) is 9.88 Å². The van der Waals surface area contributed by atoms with Crippen molar-refractivity contribution in [2.45, 2.75) is 37.9 Å². The van der Waals surface area contributed by atoms with Crippen molar-refractivity contribution in [3.8, 4) is 0 Å². The Balaban J connectivity index is 1.95. The maximum atomic E-state index is 13.7. The van der Waals surface area contributed by atoms with Crippen molar-refractivity contribution < 1.29 is 22.7 Å². The first-order valence-corrected chi connectivity index (χ1v) is 8.70.